The summed E-state index contributed by atoms with van der Waals surface area (Å²) in [7, 11) is 0. The zero-order valence-electron chi connectivity index (χ0n) is 15.6. The second-order valence-corrected chi connectivity index (χ2v) is 7.96. The Balaban J connectivity index is 1.37. The number of hydrogen-bond acceptors (Lipinski definition) is 7. The van der Waals surface area contributed by atoms with Crippen molar-refractivity contribution in [2.45, 2.75) is 13.3 Å². The number of aromatic nitrogens is 4. The van der Waals surface area contributed by atoms with E-state index < -0.39 is 0 Å². The first-order valence-electron chi connectivity index (χ1n) is 9.34. The van der Waals surface area contributed by atoms with Gasteiger partial charge >= 0.3 is 0 Å². The first kappa shape index (κ1) is 16.6. The lowest BCUT2D eigenvalue weighted by Gasteiger charge is -2.18. The van der Waals surface area contributed by atoms with E-state index in [1.165, 1.54) is 11.3 Å². The van der Waals surface area contributed by atoms with Crippen LogP contribution in [0.1, 0.15) is 16.1 Å². The average molecular weight is 404 g/mol. The molecule has 1 aliphatic heterocycles. The number of hydrogen-bond donors (Lipinski definition) is 0. The van der Waals surface area contributed by atoms with Crippen LogP contribution in [0.5, 0.6) is 11.5 Å². The maximum absolute atomic E-state index is 6.05. The van der Waals surface area contributed by atoms with E-state index in [1.54, 1.807) is 4.52 Å². The summed E-state index contributed by atoms with van der Waals surface area (Å²) >= 11 is 1.52. The van der Waals surface area contributed by atoms with Gasteiger partial charge in [0.25, 0.3) is 0 Å². The van der Waals surface area contributed by atoms with Gasteiger partial charge in [-0.3, -0.25) is 0 Å². The molecule has 8 heteroatoms. The highest BCUT2D eigenvalue weighted by Gasteiger charge is 2.20. The molecule has 0 radical (unpaired) electrons. The molecule has 29 heavy (non-hydrogen) atoms. The predicted octanol–water partition coefficient (Wildman–Crippen LogP) is 4.27. The predicted molar refractivity (Wildman–Crippen MR) is 109 cm³/mol. The van der Waals surface area contributed by atoms with E-state index in [1.807, 2.05) is 49.4 Å². The number of furan rings is 1. The van der Waals surface area contributed by atoms with E-state index in [4.69, 9.17) is 19.0 Å². The van der Waals surface area contributed by atoms with Gasteiger partial charge in [0, 0.05) is 17.4 Å². The number of ether oxygens (including phenoxy) is 2. The quantitative estimate of drug-likeness (QED) is 0.447. The summed E-state index contributed by atoms with van der Waals surface area (Å²) in [5, 5.41) is 15.4. The van der Waals surface area contributed by atoms with Gasteiger partial charge in [-0.25, -0.2) is 0 Å². The topological polar surface area (TPSA) is 74.7 Å². The minimum absolute atomic E-state index is 0.577. The standard InChI is InChI=1S/C21H16N4O3S/c1-12-14-4-2-3-5-15(14)28-19(12)20-22-23-21-25(20)24-18(29-21)11-13-6-7-16-17(10-13)27-9-8-26-16/h2-7,10H,8-9,11H2,1H3. The number of fused-ring (bicyclic) bond motifs is 3. The third-order valence-electron chi connectivity index (χ3n) is 5.04. The van der Waals surface area contributed by atoms with Crippen LogP contribution < -0.4 is 9.47 Å². The summed E-state index contributed by atoms with van der Waals surface area (Å²) < 4.78 is 19.1. The van der Waals surface area contributed by atoms with E-state index in [0.29, 0.717) is 31.2 Å². The van der Waals surface area contributed by atoms with Gasteiger partial charge in [-0.2, -0.15) is 9.61 Å². The molecular weight excluding hydrogens is 388 g/mol. The molecule has 2 aromatic carbocycles. The van der Waals surface area contributed by atoms with Gasteiger partial charge in [0.1, 0.15) is 23.8 Å². The lowest BCUT2D eigenvalue weighted by molar-refractivity contribution is 0.171. The van der Waals surface area contributed by atoms with Crippen LogP contribution in [0.3, 0.4) is 0 Å². The molecule has 0 N–H and O–H groups in total. The van der Waals surface area contributed by atoms with Crippen LogP contribution in [0, 0.1) is 6.92 Å². The number of rotatable bonds is 3. The molecule has 144 valence electrons. The van der Waals surface area contributed by atoms with Crippen molar-refractivity contribution in [1.82, 2.24) is 19.8 Å². The highest BCUT2D eigenvalue weighted by molar-refractivity contribution is 7.16. The Morgan fingerprint density at radius 1 is 1.03 bits per heavy atom. The van der Waals surface area contributed by atoms with Crippen molar-refractivity contribution in [3.8, 4) is 23.1 Å². The molecule has 0 aliphatic carbocycles. The fourth-order valence-corrected chi connectivity index (χ4v) is 4.50. The molecule has 4 heterocycles. The Bertz CT molecular complexity index is 1370. The summed E-state index contributed by atoms with van der Waals surface area (Å²) in [6.07, 6.45) is 0.684. The van der Waals surface area contributed by atoms with E-state index in [9.17, 15) is 0 Å². The van der Waals surface area contributed by atoms with E-state index in [0.717, 1.165) is 43.6 Å². The molecule has 7 nitrogen and oxygen atoms in total. The molecule has 0 spiro atoms. The Morgan fingerprint density at radius 3 is 2.79 bits per heavy atom. The second-order valence-electron chi connectivity index (χ2n) is 6.92. The van der Waals surface area contributed by atoms with Crippen LogP contribution in [0.15, 0.2) is 46.9 Å². The van der Waals surface area contributed by atoms with Crippen molar-refractivity contribution in [1.29, 1.82) is 0 Å². The maximum Gasteiger partial charge on any atom is 0.235 e. The molecule has 6 rings (SSSR count). The number of nitrogens with zero attached hydrogens (tertiary/aromatic N) is 4. The van der Waals surface area contributed by atoms with Gasteiger partial charge in [0.2, 0.25) is 10.8 Å². The third kappa shape index (κ3) is 2.67. The minimum Gasteiger partial charge on any atom is -0.486 e. The third-order valence-corrected chi connectivity index (χ3v) is 5.94. The monoisotopic (exact) mass is 404 g/mol. The smallest absolute Gasteiger partial charge is 0.235 e. The summed E-state index contributed by atoms with van der Waals surface area (Å²) in [4.78, 5) is 0.743. The van der Waals surface area contributed by atoms with Crippen LogP contribution in [-0.2, 0) is 6.42 Å². The van der Waals surface area contributed by atoms with Crippen LogP contribution >= 0.6 is 11.3 Å². The molecule has 0 bridgehead atoms. The van der Waals surface area contributed by atoms with Gasteiger partial charge in [0.15, 0.2) is 17.3 Å². The molecule has 1 aliphatic rings. The van der Waals surface area contributed by atoms with Crippen molar-refractivity contribution < 1.29 is 13.9 Å². The largest absolute Gasteiger partial charge is 0.486 e. The first-order chi connectivity index (χ1) is 14.3. The Kier molecular flexibility index (Phi) is 3.60. The molecule has 0 amide bonds. The van der Waals surface area contributed by atoms with E-state index >= 15 is 0 Å². The van der Waals surface area contributed by atoms with Crippen molar-refractivity contribution >= 4 is 27.3 Å². The fraction of sp³-hybridized carbons (Fsp3) is 0.190. The van der Waals surface area contributed by atoms with Gasteiger partial charge < -0.3 is 13.9 Å². The summed E-state index contributed by atoms with van der Waals surface area (Å²) in [5.41, 5.74) is 2.99. The van der Waals surface area contributed by atoms with Gasteiger partial charge in [-0.1, -0.05) is 35.6 Å². The van der Waals surface area contributed by atoms with Crippen molar-refractivity contribution in [3.63, 3.8) is 0 Å². The normalized spacial score (nSPS) is 13.4. The molecule has 5 aromatic rings. The minimum atomic E-state index is 0.577. The van der Waals surface area contributed by atoms with E-state index in [2.05, 4.69) is 10.2 Å². The molecule has 0 fully saturated rings. The Labute approximate surface area is 169 Å². The molecule has 0 saturated heterocycles. The molecule has 0 atom stereocenters. The van der Waals surface area contributed by atoms with Gasteiger partial charge in [0.05, 0.1) is 0 Å². The second kappa shape index (κ2) is 6.31. The highest BCUT2D eigenvalue weighted by atomic mass is 32.1. The van der Waals surface area contributed by atoms with Crippen molar-refractivity contribution in [3.05, 3.63) is 58.6 Å². The lowest BCUT2D eigenvalue weighted by atomic mass is 10.1. The van der Waals surface area contributed by atoms with Crippen molar-refractivity contribution in [2.24, 2.45) is 0 Å². The van der Waals surface area contributed by atoms with Gasteiger partial charge in [-0.15, -0.1) is 10.2 Å². The number of para-hydroxylation sites is 1. The Morgan fingerprint density at radius 2 is 1.90 bits per heavy atom. The summed E-state index contributed by atoms with van der Waals surface area (Å²) in [6, 6.07) is 14.0. The number of benzene rings is 2. The van der Waals surface area contributed by atoms with Crippen molar-refractivity contribution in [2.75, 3.05) is 13.2 Å². The zero-order valence-corrected chi connectivity index (χ0v) is 16.4. The van der Waals surface area contributed by atoms with Crippen LogP contribution in [-0.4, -0.2) is 33.0 Å². The maximum atomic E-state index is 6.05. The average Bonchev–Trinajstić information content (AvgIpc) is 3.41. The van der Waals surface area contributed by atoms with E-state index in [-0.39, 0.29) is 0 Å². The van der Waals surface area contributed by atoms with Crippen LogP contribution in [0.4, 0.5) is 0 Å². The SMILES string of the molecule is Cc1c(-c2nnc3sc(Cc4ccc5c(c4)OCCO5)nn23)oc2ccccc12. The Hall–Kier alpha value is -3.39. The highest BCUT2D eigenvalue weighted by Crippen LogP contribution is 2.34. The summed E-state index contributed by atoms with van der Waals surface area (Å²) in [6.45, 7) is 3.20. The molecule has 0 saturated carbocycles. The fourth-order valence-electron chi connectivity index (χ4n) is 3.63. The molecule has 3 aromatic heterocycles. The van der Waals surface area contributed by atoms with Gasteiger partial charge in [-0.05, 0) is 30.7 Å². The van der Waals surface area contributed by atoms with Crippen LogP contribution in [0.25, 0.3) is 27.5 Å². The molecule has 0 unspecified atom stereocenters. The zero-order chi connectivity index (χ0) is 19.4. The van der Waals surface area contributed by atoms with Crippen LogP contribution in [0.2, 0.25) is 0 Å². The number of aryl methyl sites for hydroxylation is 1. The first-order valence-corrected chi connectivity index (χ1v) is 10.2. The lowest BCUT2D eigenvalue weighted by Crippen LogP contribution is -2.15. The molecular formula is C21H16N4O3S. The summed E-state index contributed by atoms with van der Waals surface area (Å²) in [5.74, 6) is 2.91.